The van der Waals surface area contributed by atoms with E-state index in [2.05, 4.69) is 15.3 Å². The molecule has 0 atom stereocenters. The van der Waals surface area contributed by atoms with Gasteiger partial charge in [0.1, 0.15) is 6.61 Å². The Kier molecular flexibility index (Phi) is 5.32. The highest BCUT2D eigenvalue weighted by molar-refractivity contribution is 5.39. The predicted octanol–water partition coefficient (Wildman–Crippen LogP) is 1.96. The van der Waals surface area contributed by atoms with Crippen LogP contribution in [-0.2, 0) is 6.54 Å². The highest BCUT2D eigenvalue weighted by atomic mass is 16.5. The smallest absolute Gasteiger partial charge is 0.161 e. The summed E-state index contributed by atoms with van der Waals surface area (Å²) in [5.41, 5.74) is 1.85. The van der Waals surface area contributed by atoms with Gasteiger partial charge in [-0.05, 0) is 19.1 Å². The van der Waals surface area contributed by atoms with Crippen LogP contribution in [0.4, 0.5) is 0 Å². The van der Waals surface area contributed by atoms with Gasteiger partial charge in [-0.25, -0.2) is 0 Å². The zero-order valence-electron chi connectivity index (χ0n) is 11.8. The minimum Gasteiger partial charge on any atom is -0.493 e. The minimum absolute atomic E-state index is 0.569. The van der Waals surface area contributed by atoms with E-state index in [9.17, 15) is 0 Å². The fourth-order valence-corrected chi connectivity index (χ4v) is 1.70. The van der Waals surface area contributed by atoms with E-state index in [4.69, 9.17) is 9.47 Å². The van der Waals surface area contributed by atoms with Crippen molar-refractivity contribution in [1.82, 2.24) is 15.3 Å². The van der Waals surface area contributed by atoms with Crippen molar-refractivity contribution in [3.63, 3.8) is 0 Å². The Hall–Kier alpha value is -2.14. The van der Waals surface area contributed by atoms with Crippen LogP contribution in [0.15, 0.2) is 36.7 Å². The monoisotopic (exact) mass is 273 g/mol. The maximum atomic E-state index is 5.66. The molecule has 1 heterocycles. The van der Waals surface area contributed by atoms with Crippen molar-refractivity contribution in [2.75, 3.05) is 20.3 Å². The molecule has 2 rings (SSSR count). The molecular formula is C15H19N3O2. The first-order valence-corrected chi connectivity index (χ1v) is 6.53. The molecule has 5 nitrogen and oxygen atoms in total. The van der Waals surface area contributed by atoms with E-state index in [1.807, 2.05) is 31.2 Å². The van der Waals surface area contributed by atoms with E-state index in [0.717, 1.165) is 29.4 Å². The van der Waals surface area contributed by atoms with Gasteiger partial charge in [0.05, 0.1) is 18.5 Å². The summed E-state index contributed by atoms with van der Waals surface area (Å²) < 4.78 is 10.9. The van der Waals surface area contributed by atoms with Crippen LogP contribution in [0, 0.1) is 6.92 Å². The highest BCUT2D eigenvalue weighted by Gasteiger charge is 2.01. The summed E-state index contributed by atoms with van der Waals surface area (Å²) >= 11 is 0. The number of benzene rings is 1. The second kappa shape index (κ2) is 7.45. The van der Waals surface area contributed by atoms with Crippen LogP contribution in [0.2, 0.25) is 0 Å². The second-order valence-corrected chi connectivity index (χ2v) is 4.33. The van der Waals surface area contributed by atoms with Crippen molar-refractivity contribution in [2.24, 2.45) is 0 Å². The maximum absolute atomic E-state index is 5.66. The van der Waals surface area contributed by atoms with Gasteiger partial charge >= 0.3 is 0 Å². The van der Waals surface area contributed by atoms with E-state index in [-0.39, 0.29) is 0 Å². The molecule has 0 radical (unpaired) electrons. The summed E-state index contributed by atoms with van der Waals surface area (Å²) in [6.45, 7) is 3.90. The van der Waals surface area contributed by atoms with Crippen molar-refractivity contribution < 1.29 is 9.47 Å². The van der Waals surface area contributed by atoms with Gasteiger partial charge in [-0.3, -0.25) is 9.97 Å². The molecule has 20 heavy (non-hydrogen) atoms. The van der Waals surface area contributed by atoms with Crippen molar-refractivity contribution in [3.05, 3.63) is 48.0 Å². The van der Waals surface area contributed by atoms with Gasteiger partial charge in [0.25, 0.3) is 0 Å². The van der Waals surface area contributed by atoms with Crippen LogP contribution in [0.25, 0.3) is 0 Å². The Balaban J connectivity index is 1.70. The molecule has 2 aromatic rings. The van der Waals surface area contributed by atoms with Gasteiger partial charge in [-0.2, -0.15) is 0 Å². The first kappa shape index (κ1) is 14.3. The summed E-state index contributed by atoms with van der Waals surface area (Å²) in [4.78, 5) is 8.47. The summed E-state index contributed by atoms with van der Waals surface area (Å²) in [6, 6.07) is 7.61. The molecule has 1 N–H and O–H groups in total. The number of aromatic nitrogens is 2. The molecule has 0 saturated heterocycles. The van der Waals surface area contributed by atoms with Crippen LogP contribution >= 0.6 is 0 Å². The number of hydrogen-bond acceptors (Lipinski definition) is 5. The maximum Gasteiger partial charge on any atom is 0.161 e. The third-order valence-electron chi connectivity index (χ3n) is 2.75. The molecule has 0 aliphatic heterocycles. The number of methoxy groups -OCH3 is 1. The van der Waals surface area contributed by atoms with Gasteiger partial charge in [0.2, 0.25) is 0 Å². The Labute approximate surface area is 119 Å². The molecule has 0 unspecified atom stereocenters. The summed E-state index contributed by atoms with van der Waals surface area (Å²) in [5, 5.41) is 3.26. The molecule has 5 heteroatoms. The number of nitrogens with one attached hydrogen (secondary N) is 1. The molecule has 0 amide bonds. The molecule has 0 spiro atoms. The number of para-hydroxylation sites is 2. The zero-order valence-corrected chi connectivity index (χ0v) is 11.8. The van der Waals surface area contributed by atoms with E-state index >= 15 is 0 Å². The topological polar surface area (TPSA) is 56.3 Å². The highest BCUT2D eigenvalue weighted by Crippen LogP contribution is 2.25. The molecule has 1 aromatic carbocycles. The number of ether oxygens (including phenoxy) is 2. The average molecular weight is 273 g/mol. The number of nitrogens with zero attached hydrogens (tertiary/aromatic N) is 2. The lowest BCUT2D eigenvalue weighted by Gasteiger charge is -2.10. The minimum atomic E-state index is 0.569. The van der Waals surface area contributed by atoms with Gasteiger partial charge in [-0.1, -0.05) is 12.1 Å². The predicted molar refractivity (Wildman–Crippen MR) is 77.0 cm³/mol. The summed E-state index contributed by atoms with van der Waals surface area (Å²) in [5.74, 6) is 1.50. The molecule has 1 aromatic heterocycles. The number of aryl methyl sites for hydroxylation is 1. The van der Waals surface area contributed by atoms with Gasteiger partial charge in [0, 0.05) is 25.5 Å². The first-order valence-electron chi connectivity index (χ1n) is 6.53. The fraction of sp³-hybridized carbons (Fsp3) is 0.333. The number of rotatable bonds is 7. The third-order valence-corrected chi connectivity index (χ3v) is 2.75. The lowest BCUT2D eigenvalue weighted by Crippen LogP contribution is -2.21. The van der Waals surface area contributed by atoms with Crippen LogP contribution < -0.4 is 14.8 Å². The van der Waals surface area contributed by atoms with E-state index in [1.165, 1.54) is 0 Å². The molecule has 106 valence electrons. The van der Waals surface area contributed by atoms with Crippen molar-refractivity contribution in [3.8, 4) is 11.5 Å². The Bertz CT molecular complexity index is 529. The molecule has 0 saturated carbocycles. The largest absolute Gasteiger partial charge is 0.493 e. The normalized spacial score (nSPS) is 10.3. The van der Waals surface area contributed by atoms with Crippen LogP contribution in [-0.4, -0.2) is 30.2 Å². The summed E-state index contributed by atoms with van der Waals surface area (Å²) in [7, 11) is 1.64. The lowest BCUT2D eigenvalue weighted by atomic mass is 10.3. The second-order valence-electron chi connectivity index (χ2n) is 4.33. The van der Waals surface area contributed by atoms with E-state index in [1.54, 1.807) is 19.5 Å². The zero-order chi connectivity index (χ0) is 14.2. The quantitative estimate of drug-likeness (QED) is 0.782. The lowest BCUT2D eigenvalue weighted by molar-refractivity contribution is 0.292. The van der Waals surface area contributed by atoms with Crippen LogP contribution in [0.5, 0.6) is 11.5 Å². The van der Waals surface area contributed by atoms with Gasteiger partial charge < -0.3 is 14.8 Å². The Morgan fingerprint density at radius 3 is 2.60 bits per heavy atom. The van der Waals surface area contributed by atoms with Crippen LogP contribution in [0.1, 0.15) is 11.4 Å². The average Bonchev–Trinajstić information content (AvgIpc) is 2.49. The van der Waals surface area contributed by atoms with Crippen LogP contribution in [0.3, 0.4) is 0 Å². The van der Waals surface area contributed by atoms with Gasteiger partial charge in [0.15, 0.2) is 11.5 Å². The van der Waals surface area contributed by atoms with Gasteiger partial charge in [-0.15, -0.1) is 0 Å². The molecular weight excluding hydrogens is 254 g/mol. The standard InChI is InChI=1S/C15H19N3O2/c1-12-9-18-13(11-17-12)10-16-7-8-20-15-6-4-3-5-14(15)19-2/h3-6,9,11,16H,7-8,10H2,1-2H3. The Morgan fingerprint density at radius 1 is 1.10 bits per heavy atom. The molecule has 0 fully saturated rings. The first-order chi connectivity index (χ1) is 9.79. The van der Waals surface area contributed by atoms with E-state index < -0.39 is 0 Å². The van der Waals surface area contributed by atoms with E-state index in [0.29, 0.717) is 13.2 Å². The summed E-state index contributed by atoms with van der Waals surface area (Å²) in [6.07, 6.45) is 3.55. The number of hydrogen-bond donors (Lipinski definition) is 1. The SMILES string of the molecule is COc1ccccc1OCCNCc1cnc(C)cn1. The fourth-order valence-electron chi connectivity index (χ4n) is 1.70. The van der Waals surface area contributed by atoms with Crippen molar-refractivity contribution in [2.45, 2.75) is 13.5 Å². The molecule has 0 bridgehead atoms. The molecule has 0 aliphatic rings. The van der Waals surface area contributed by atoms with Crippen molar-refractivity contribution in [1.29, 1.82) is 0 Å². The molecule has 0 aliphatic carbocycles. The van der Waals surface area contributed by atoms with Crippen molar-refractivity contribution >= 4 is 0 Å². The third kappa shape index (κ3) is 4.20. The Morgan fingerprint density at radius 2 is 1.90 bits per heavy atom.